The third-order valence-electron chi connectivity index (χ3n) is 2.26. The Morgan fingerprint density at radius 3 is 2.41 bits per heavy atom. The normalized spacial score (nSPS) is 11.5. The molecule has 0 aliphatic carbocycles. The van der Waals surface area contributed by atoms with E-state index in [-0.39, 0.29) is 24.0 Å². The molecule has 0 aliphatic heterocycles. The van der Waals surface area contributed by atoms with Crippen LogP contribution in [0, 0.1) is 0 Å². The van der Waals surface area contributed by atoms with Gasteiger partial charge < -0.3 is 25.8 Å². The fourth-order valence-corrected chi connectivity index (χ4v) is 1.37. The zero-order valence-corrected chi connectivity index (χ0v) is 16.4. The highest BCUT2D eigenvalue weighted by Crippen LogP contribution is 2.06. The number of guanidine groups is 1. The number of hydrogen-bond acceptors (Lipinski definition) is 4. The minimum absolute atomic E-state index is 0. The molecule has 0 saturated heterocycles. The summed E-state index contributed by atoms with van der Waals surface area (Å²) in [6, 6.07) is 0. The summed E-state index contributed by atoms with van der Waals surface area (Å²) >= 11 is 0. The summed E-state index contributed by atoms with van der Waals surface area (Å²) in [7, 11) is 0. The van der Waals surface area contributed by atoms with Gasteiger partial charge in [-0.3, -0.25) is 4.99 Å². The number of ether oxygens (including phenoxy) is 2. The van der Waals surface area contributed by atoms with Crippen LogP contribution in [0.3, 0.4) is 0 Å². The second kappa shape index (κ2) is 13.9. The number of nitrogens with one attached hydrogen (secondary N) is 2. The molecule has 0 aromatic rings. The second-order valence-corrected chi connectivity index (χ2v) is 5.53. The molecule has 132 valence electrons. The van der Waals surface area contributed by atoms with E-state index < -0.39 is 11.7 Å². The van der Waals surface area contributed by atoms with Crippen LogP contribution in [-0.2, 0) is 9.47 Å². The van der Waals surface area contributed by atoms with Gasteiger partial charge in [0.15, 0.2) is 5.96 Å². The van der Waals surface area contributed by atoms with Gasteiger partial charge in [-0.1, -0.05) is 0 Å². The van der Waals surface area contributed by atoms with E-state index in [0.717, 1.165) is 26.2 Å². The van der Waals surface area contributed by atoms with E-state index in [4.69, 9.17) is 15.2 Å². The highest BCUT2D eigenvalue weighted by atomic mass is 127. The molecule has 0 heterocycles. The van der Waals surface area contributed by atoms with Gasteiger partial charge in [0.1, 0.15) is 5.60 Å². The van der Waals surface area contributed by atoms with Crippen molar-refractivity contribution in [3.63, 3.8) is 0 Å². The Morgan fingerprint density at radius 2 is 1.82 bits per heavy atom. The van der Waals surface area contributed by atoms with Crippen molar-refractivity contribution in [3.05, 3.63) is 0 Å². The summed E-state index contributed by atoms with van der Waals surface area (Å²) in [6.07, 6.45) is 1.19. The van der Waals surface area contributed by atoms with Gasteiger partial charge in [-0.15, -0.1) is 24.0 Å². The van der Waals surface area contributed by atoms with Crippen LogP contribution in [0.4, 0.5) is 4.79 Å². The van der Waals surface area contributed by atoms with Crippen LogP contribution >= 0.6 is 24.0 Å². The van der Waals surface area contributed by atoms with Crippen LogP contribution in [0.15, 0.2) is 4.99 Å². The van der Waals surface area contributed by atoms with Crippen molar-refractivity contribution in [3.8, 4) is 0 Å². The number of alkyl carbamates (subject to hydrolysis) is 1. The predicted molar refractivity (Wildman–Crippen MR) is 99.9 cm³/mol. The SMILES string of the molecule is CCOCCCNC(N)=NCCCNC(=O)OC(C)(C)C.I. The molecule has 0 rings (SSSR count). The van der Waals surface area contributed by atoms with Crippen molar-refractivity contribution in [1.29, 1.82) is 0 Å². The molecule has 0 bridgehead atoms. The number of hydrogen-bond donors (Lipinski definition) is 3. The molecule has 4 N–H and O–H groups in total. The van der Waals surface area contributed by atoms with Crippen molar-refractivity contribution >= 4 is 36.0 Å². The number of rotatable bonds is 9. The first-order chi connectivity index (χ1) is 9.85. The second-order valence-electron chi connectivity index (χ2n) is 5.53. The predicted octanol–water partition coefficient (Wildman–Crippen LogP) is 1.85. The van der Waals surface area contributed by atoms with Crippen LogP contribution in [0.25, 0.3) is 0 Å². The van der Waals surface area contributed by atoms with E-state index >= 15 is 0 Å². The van der Waals surface area contributed by atoms with E-state index in [9.17, 15) is 4.79 Å². The molecule has 0 unspecified atom stereocenters. The van der Waals surface area contributed by atoms with Crippen molar-refractivity contribution in [1.82, 2.24) is 10.6 Å². The van der Waals surface area contributed by atoms with Gasteiger partial charge in [0.05, 0.1) is 0 Å². The third kappa shape index (κ3) is 17.3. The quantitative estimate of drug-likeness (QED) is 0.225. The summed E-state index contributed by atoms with van der Waals surface area (Å²) in [5.74, 6) is 0.420. The molecule has 0 fully saturated rings. The minimum atomic E-state index is -0.474. The smallest absolute Gasteiger partial charge is 0.407 e. The molecule has 7 nitrogen and oxygen atoms in total. The third-order valence-corrected chi connectivity index (χ3v) is 2.26. The van der Waals surface area contributed by atoms with Gasteiger partial charge in [-0.05, 0) is 40.5 Å². The fraction of sp³-hybridized carbons (Fsp3) is 0.857. The lowest BCUT2D eigenvalue weighted by molar-refractivity contribution is 0.0527. The molecule has 0 aliphatic rings. The Morgan fingerprint density at radius 1 is 1.18 bits per heavy atom. The van der Waals surface area contributed by atoms with E-state index in [0.29, 0.717) is 25.5 Å². The van der Waals surface area contributed by atoms with E-state index in [2.05, 4.69) is 15.6 Å². The van der Waals surface area contributed by atoms with Crippen LogP contribution in [0.2, 0.25) is 0 Å². The van der Waals surface area contributed by atoms with Crippen molar-refractivity contribution in [2.45, 2.75) is 46.1 Å². The van der Waals surface area contributed by atoms with Crippen LogP contribution < -0.4 is 16.4 Å². The van der Waals surface area contributed by atoms with E-state index in [1.165, 1.54) is 0 Å². The van der Waals surface area contributed by atoms with Crippen LogP contribution in [0.5, 0.6) is 0 Å². The molecule has 0 saturated carbocycles. The number of nitrogens with zero attached hydrogens (tertiary/aromatic N) is 1. The van der Waals surface area contributed by atoms with E-state index in [1.807, 2.05) is 27.7 Å². The Hall–Kier alpha value is -0.770. The first-order valence-electron chi connectivity index (χ1n) is 7.43. The maximum absolute atomic E-state index is 11.4. The lowest BCUT2D eigenvalue weighted by Gasteiger charge is -2.19. The van der Waals surface area contributed by atoms with Crippen molar-refractivity contribution in [2.24, 2.45) is 10.7 Å². The first-order valence-corrected chi connectivity index (χ1v) is 7.43. The Bertz CT molecular complexity index is 320. The number of carbonyl (C=O) groups is 1. The summed E-state index contributed by atoms with van der Waals surface area (Å²) < 4.78 is 10.3. The van der Waals surface area contributed by atoms with Crippen molar-refractivity contribution in [2.75, 3.05) is 32.8 Å². The van der Waals surface area contributed by atoms with Gasteiger partial charge in [0.25, 0.3) is 0 Å². The Kier molecular flexibility index (Phi) is 14.8. The average molecular weight is 430 g/mol. The fourth-order valence-electron chi connectivity index (χ4n) is 1.37. The molecule has 0 spiro atoms. The highest BCUT2D eigenvalue weighted by molar-refractivity contribution is 14.0. The zero-order valence-electron chi connectivity index (χ0n) is 14.1. The lowest BCUT2D eigenvalue weighted by Crippen LogP contribution is -2.34. The monoisotopic (exact) mass is 430 g/mol. The van der Waals surface area contributed by atoms with Gasteiger partial charge >= 0.3 is 6.09 Å². The number of nitrogens with two attached hydrogens (primary N) is 1. The zero-order chi connectivity index (χ0) is 16.1. The number of aliphatic imine (C=N–C) groups is 1. The maximum Gasteiger partial charge on any atom is 0.407 e. The topological polar surface area (TPSA) is 98.0 Å². The Labute approximate surface area is 150 Å². The first kappa shape index (κ1) is 23.5. The molecule has 1 amide bonds. The molecular weight excluding hydrogens is 399 g/mol. The molecule has 0 aromatic heterocycles. The molecule has 0 atom stereocenters. The molecule has 8 heteroatoms. The van der Waals surface area contributed by atoms with Gasteiger partial charge in [-0.25, -0.2) is 4.79 Å². The van der Waals surface area contributed by atoms with Crippen LogP contribution in [-0.4, -0.2) is 50.5 Å². The molecule has 22 heavy (non-hydrogen) atoms. The maximum atomic E-state index is 11.4. The summed E-state index contributed by atoms with van der Waals surface area (Å²) in [4.78, 5) is 15.5. The number of halogens is 1. The Balaban J connectivity index is 0. The summed E-state index contributed by atoms with van der Waals surface area (Å²) in [6.45, 7) is 10.7. The molecule has 0 radical (unpaired) electrons. The van der Waals surface area contributed by atoms with E-state index in [1.54, 1.807) is 0 Å². The summed E-state index contributed by atoms with van der Waals surface area (Å²) in [5, 5.41) is 5.68. The summed E-state index contributed by atoms with van der Waals surface area (Å²) in [5.41, 5.74) is 5.23. The minimum Gasteiger partial charge on any atom is -0.444 e. The van der Waals surface area contributed by atoms with Crippen LogP contribution in [0.1, 0.15) is 40.5 Å². The van der Waals surface area contributed by atoms with Gasteiger partial charge in [-0.2, -0.15) is 0 Å². The number of carbonyl (C=O) groups excluding carboxylic acids is 1. The largest absolute Gasteiger partial charge is 0.444 e. The van der Waals surface area contributed by atoms with Gasteiger partial charge in [0, 0.05) is 32.8 Å². The molecular formula is C14H31IN4O3. The average Bonchev–Trinajstić information content (AvgIpc) is 2.36. The number of amides is 1. The standard InChI is InChI=1S/C14H30N4O3.HI/c1-5-20-11-7-10-17-12(15)16-8-6-9-18-13(19)21-14(2,3)4;/h5-11H2,1-4H3,(H,18,19)(H3,15,16,17);1H. The van der Waals surface area contributed by atoms with Gasteiger partial charge in [0.2, 0.25) is 0 Å². The van der Waals surface area contributed by atoms with Crippen molar-refractivity contribution < 1.29 is 14.3 Å². The molecule has 0 aromatic carbocycles. The highest BCUT2D eigenvalue weighted by Gasteiger charge is 2.15. The lowest BCUT2D eigenvalue weighted by atomic mass is 10.2.